The third kappa shape index (κ3) is 4.29. The van der Waals surface area contributed by atoms with Gasteiger partial charge < -0.3 is 9.64 Å². The number of halogens is 1. The summed E-state index contributed by atoms with van der Waals surface area (Å²) in [6.07, 6.45) is -0.229. The Bertz CT molecular complexity index is 950. The SMILES string of the molecule is CNS(=O)(=O)c1ccc(N2CCOC(c3ccc(Br)cc3)C2)c([N+](=O)[O-])c1. The molecule has 2 aromatic rings. The Morgan fingerprint density at radius 2 is 1.96 bits per heavy atom. The summed E-state index contributed by atoms with van der Waals surface area (Å²) in [5, 5.41) is 11.5. The molecule has 1 heterocycles. The van der Waals surface area contributed by atoms with Gasteiger partial charge in [-0.3, -0.25) is 10.1 Å². The maximum atomic E-state index is 12.0. The second-order valence-electron chi connectivity index (χ2n) is 5.97. The molecule has 10 heteroatoms. The summed E-state index contributed by atoms with van der Waals surface area (Å²) < 4.78 is 32.9. The number of benzene rings is 2. The van der Waals surface area contributed by atoms with Gasteiger partial charge in [0.25, 0.3) is 5.69 Å². The quantitative estimate of drug-likeness (QED) is 0.549. The molecule has 8 nitrogen and oxygen atoms in total. The standard InChI is InChI=1S/C17H18BrN3O5S/c1-19-27(24,25)14-6-7-15(16(10-14)21(22)23)20-8-9-26-17(11-20)12-2-4-13(18)5-3-12/h2-7,10,17,19H,8-9,11H2,1H3. The highest BCUT2D eigenvalue weighted by molar-refractivity contribution is 9.10. The lowest BCUT2D eigenvalue weighted by Crippen LogP contribution is -2.38. The number of morpholine rings is 1. The number of nitrogens with zero attached hydrogens (tertiary/aromatic N) is 2. The van der Waals surface area contributed by atoms with Crippen molar-refractivity contribution < 1.29 is 18.1 Å². The second kappa shape index (κ2) is 7.93. The van der Waals surface area contributed by atoms with Crippen molar-refractivity contribution in [1.29, 1.82) is 0 Å². The number of hydrogen-bond acceptors (Lipinski definition) is 6. The molecular formula is C17H18BrN3O5S. The van der Waals surface area contributed by atoms with Crippen molar-refractivity contribution in [3.8, 4) is 0 Å². The van der Waals surface area contributed by atoms with Gasteiger partial charge in [0.1, 0.15) is 11.8 Å². The summed E-state index contributed by atoms with van der Waals surface area (Å²) in [6, 6.07) is 11.6. The van der Waals surface area contributed by atoms with Crippen LogP contribution in [0.4, 0.5) is 11.4 Å². The number of nitro benzene ring substituents is 1. The Morgan fingerprint density at radius 3 is 2.59 bits per heavy atom. The molecular weight excluding hydrogens is 438 g/mol. The molecule has 1 saturated heterocycles. The van der Waals surface area contributed by atoms with Gasteiger partial charge >= 0.3 is 0 Å². The third-order valence-corrected chi connectivity index (χ3v) is 6.31. The molecule has 0 spiro atoms. The van der Waals surface area contributed by atoms with Crippen LogP contribution < -0.4 is 9.62 Å². The van der Waals surface area contributed by atoms with Crippen LogP contribution in [0.2, 0.25) is 0 Å². The van der Waals surface area contributed by atoms with Gasteiger partial charge in [-0.1, -0.05) is 28.1 Å². The van der Waals surface area contributed by atoms with E-state index in [1.54, 1.807) is 0 Å². The Hall–Kier alpha value is -2.01. The van der Waals surface area contributed by atoms with Crippen molar-refractivity contribution in [3.05, 3.63) is 62.6 Å². The summed E-state index contributed by atoms with van der Waals surface area (Å²) in [5.41, 5.74) is 1.10. The molecule has 0 amide bonds. The van der Waals surface area contributed by atoms with Crippen LogP contribution in [0.3, 0.4) is 0 Å². The van der Waals surface area contributed by atoms with E-state index in [4.69, 9.17) is 4.74 Å². The van der Waals surface area contributed by atoms with E-state index in [2.05, 4.69) is 20.7 Å². The van der Waals surface area contributed by atoms with Crippen molar-refractivity contribution in [1.82, 2.24) is 4.72 Å². The summed E-state index contributed by atoms with van der Waals surface area (Å²) in [4.78, 5) is 12.7. The van der Waals surface area contributed by atoms with E-state index in [1.165, 1.54) is 19.2 Å². The largest absolute Gasteiger partial charge is 0.370 e. The summed E-state index contributed by atoms with van der Waals surface area (Å²) in [7, 11) is -2.50. The van der Waals surface area contributed by atoms with E-state index in [0.29, 0.717) is 25.4 Å². The number of ether oxygens (including phenoxy) is 1. The van der Waals surface area contributed by atoms with Crippen LogP contribution in [0.25, 0.3) is 0 Å². The molecule has 1 atom stereocenters. The molecule has 0 bridgehead atoms. The van der Waals surface area contributed by atoms with Crippen molar-refractivity contribution in [2.24, 2.45) is 0 Å². The van der Waals surface area contributed by atoms with E-state index in [-0.39, 0.29) is 16.7 Å². The minimum atomic E-state index is -3.76. The van der Waals surface area contributed by atoms with Crippen LogP contribution in [0.5, 0.6) is 0 Å². The van der Waals surface area contributed by atoms with E-state index in [9.17, 15) is 18.5 Å². The molecule has 1 fully saturated rings. The highest BCUT2D eigenvalue weighted by atomic mass is 79.9. The normalized spacial score (nSPS) is 17.7. The van der Waals surface area contributed by atoms with Gasteiger partial charge in [0.2, 0.25) is 10.0 Å². The first kappa shape index (κ1) is 19.7. The van der Waals surface area contributed by atoms with Crippen molar-refractivity contribution in [3.63, 3.8) is 0 Å². The lowest BCUT2D eigenvalue weighted by molar-refractivity contribution is -0.384. The Labute approximate surface area is 165 Å². The first-order valence-corrected chi connectivity index (χ1v) is 10.4. The monoisotopic (exact) mass is 455 g/mol. The van der Waals surface area contributed by atoms with Gasteiger partial charge in [-0.05, 0) is 36.9 Å². The van der Waals surface area contributed by atoms with Crippen LogP contribution in [0.1, 0.15) is 11.7 Å². The zero-order valence-electron chi connectivity index (χ0n) is 14.5. The molecule has 27 heavy (non-hydrogen) atoms. The highest BCUT2D eigenvalue weighted by Gasteiger charge is 2.28. The number of hydrogen-bond donors (Lipinski definition) is 1. The van der Waals surface area contributed by atoms with Gasteiger partial charge in [-0.25, -0.2) is 13.1 Å². The van der Waals surface area contributed by atoms with Crippen LogP contribution in [0, 0.1) is 10.1 Å². The fraction of sp³-hybridized carbons (Fsp3) is 0.294. The number of sulfonamides is 1. The number of nitro groups is 1. The van der Waals surface area contributed by atoms with E-state index in [1.807, 2.05) is 29.2 Å². The van der Waals surface area contributed by atoms with Crippen LogP contribution in [-0.2, 0) is 14.8 Å². The topological polar surface area (TPSA) is 102 Å². The molecule has 144 valence electrons. The average molecular weight is 456 g/mol. The zero-order valence-corrected chi connectivity index (χ0v) is 16.9. The molecule has 0 saturated carbocycles. The van der Waals surface area contributed by atoms with E-state index >= 15 is 0 Å². The summed E-state index contributed by atoms with van der Waals surface area (Å²) in [6.45, 7) is 1.32. The van der Waals surface area contributed by atoms with Crippen molar-refractivity contribution >= 4 is 37.3 Å². The smallest absolute Gasteiger partial charge is 0.293 e. The molecule has 1 N–H and O–H groups in total. The van der Waals surface area contributed by atoms with E-state index in [0.717, 1.165) is 16.1 Å². The average Bonchev–Trinajstić information content (AvgIpc) is 2.68. The molecule has 0 radical (unpaired) electrons. The first-order valence-electron chi connectivity index (χ1n) is 8.16. The minimum absolute atomic E-state index is 0.141. The van der Waals surface area contributed by atoms with E-state index < -0.39 is 14.9 Å². The fourth-order valence-corrected chi connectivity index (χ4v) is 3.96. The van der Waals surface area contributed by atoms with Crippen LogP contribution in [0.15, 0.2) is 51.8 Å². The number of rotatable bonds is 5. The molecule has 1 aliphatic rings. The minimum Gasteiger partial charge on any atom is -0.370 e. The molecule has 2 aromatic carbocycles. The van der Waals surface area contributed by atoms with Gasteiger partial charge in [0.05, 0.1) is 16.4 Å². The number of nitrogens with one attached hydrogen (secondary N) is 1. The van der Waals surface area contributed by atoms with Gasteiger partial charge in [0.15, 0.2) is 0 Å². The summed E-state index contributed by atoms with van der Waals surface area (Å²) in [5.74, 6) is 0. The third-order valence-electron chi connectivity index (χ3n) is 4.37. The van der Waals surface area contributed by atoms with Gasteiger partial charge in [0, 0.05) is 23.6 Å². The van der Waals surface area contributed by atoms with Gasteiger partial charge in [-0.2, -0.15) is 0 Å². The molecule has 0 aliphatic carbocycles. The molecule has 1 aliphatic heterocycles. The van der Waals surface area contributed by atoms with Crippen molar-refractivity contribution in [2.75, 3.05) is 31.6 Å². The fourth-order valence-electron chi connectivity index (χ4n) is 2.95. The van der Waals surface area contributed by atoms with Crippen molar-refractivity contribution in [2.45, 2.75) is 11.0 Å². The molecule has 1 unspecified atom stereocenters. The van der Waals surface area contributed by atoms with Crippen LogP contribution in [-0.4, -0.2) is 40.1 Å². The highest BCUT2D eigenvalue weighted by Crippen LogP contribution is 2.34. The zero-order chi connectivity index (χ0) is 19.6. The lowest BCUT2D eigenvalue weighted by Gasteiger charge is -2.34. The number of anilines is 1. The maximum Gasteiger partial charge on any atom is 0.293 e. The molecule has 0 aromatic heterocycles. The Balaban J connectivity index is 1.92. The van der Waals surface area contributed by atoms with Gasteiger partial charge in [-0.15, -0.1) is 0 Å². The molecule has 3 rings (SSSR count). The Kier molecular flexibility index (Phi) is 5.80. The summed E-state index contributed by atoms with van der Waals surface area (Å²) >= 11 is 3.39. The maximum absolute atomic E-state index is 12.0. The Morgan fingerprint density at radius 1 is 1.26 bits per heavy atom. The predicted octanol–water partition coefficient (Wildman–Crippen LogP) is 2.84. The van der Waals surface area contributed by atoms with Crippen LogP contribution >= 0.6 is 15.9 Å². The second-order valence-corrected chi connectivity index (χ2v) is 8.77. The first-order chi connectivity index (χ1) is 12.8. The predicted molar refractivity (Wildman–Crippen MR) is 104 cm³/mol. The lowest BCUT2D eigenvalue weighted by atomic mass is 10.1.